The molecule has 118 valence electrons. The normalized spacial score (nSPS) is 12.7. The van der Waals surface area contributed by atoms with Gasteiger partial charge in [-0.15, -0.1) is 22.7 Å². The summed E-state index contributed by atoms with van der Waals surface area (Å²) in [5.74, 6) is -0.385. The third-order valence-electron chi connectivity index (χ3n) is 3.42. The van der Waals surface area contributed by atoms with Crippen LogP contribution in [0.5, 0.6) is 0 Å². The van der Waals surface area contributed by atoms with E-state index in [9.17, 15) is 9.59 Å². The first-order valence-corrected chi connectivity index (χ1v) is 8.61. The molecule has 2 aromatic heterocycles. The summed E-state index contributed by atoms with van der Waals surface area (Å²) in [6.07, 6.45) is 1.72. The van der Waals surface area contributed by atoms with Crippen LogP contribution in [-0.2, 0) is 4.79 Å². The quantitative estimate of drug-likeness (QED) is 0.912. The number of carbonyl (C=O) groups excluding carboxylic acids is 2. The number of rotatable bonds is 5. The van der Waals surface area contributed by atoms with Crippen LogP contribution in [0.4, 0.5) is 0 Å². The van der Waals surface area contributed by atoms with E-state index in [1.54, 1.807) is 38.1 Å². The zero-order valence-corrected chi connectivity index (χ0v) is 14.6. The van der Waals surface area contributed by atoms with E-state index in [4.69, 9.17) is 0 Å². The average Bonchev–Trinajstić information content (AvgIpc) is 3.16. The topological polar surface area (TPSA) is 62.3 Å². The summed E-state index contributed by atoms with van der Waals surface area (Å²) in [6, 6.07) is 3.42. The van der Waals surface area contributed by atoms with Gasteiger partial charge in [0.15, 0.2) is 0 Å². The number of amides is 2. The second-order valence-corrected chi connectivity index (χ2v) is 7.39. The summed E-state index contributed by atoms with van der Waals surface area (Å²) < 4.78 is 0. The molecule has 0 unspecified atom stereocenters. The highest BCUT2D eigenvalue weighted by Gasteiger charge is 2.35. The summed E-state index contributed by atoms with van der Waals surface area (Å²) in [5, 5.41) is 7.39. The van der Waals surface area contributed by atoms with Crippen molar-refractivity contribution in [1.29, 1.82) is 0 Å². The van der Waals surface area contributed by atoms with E-state index in [-0.39, 0.29) is 17.9 Å². The number of nitrogens with zero attached hydrogens (tertiary/aromatic N) is 2. The van der Waals surface area contributed by atoms with Crippen LogP contribution in [0.3, 0.4) is 0 Å². The number of hydrogen-bond acceptors (Lipinski definition) is 5. The Morgan fingerprint density at radius 1 is 1.32 bits per heavy atom. The molecular formula is C15H19N3O2S2. The van der Waals surface area contributed by atoms with Gasteiger partial charge in [0.05, 0.1) is 10.9 Å². The van der Waals surface area contributed by atoms with E-state index in [2.05, 4.69) is 10.3 Å². The molecule has 0 aliphatic rings. The largest absolute Gasteiger partial charge is 0.337 e. The predicted octanol–water partition coefficient (Wildman–Crippen LogP) is 2.93. The summed E-state index contributed by atoms with van der Waals surface area (Å²) in [6.45, 7) is 5.35. The van der Waals surface area contributed by atoms with Crippen LogP contribution < -0.4 is 5.32 Å². The smallest absolute Gasteiger partial charge is 0.262 e. The lowest BCUT2D eigenvalue weighted by Gasteiger charge is -2.33. The molecule has 1 N–H and O–H groups in total. The zero-order chi connectivity index (χ0) is 16.3. The van der Waals surface area contributed by atoms with Gasteiger partial charge in [-0.05, 0) is 32.2 Å². The van der Waals surface area contributed by atoms with Crippen LogP contribution in [0.25, 0.3) is 0 Å². The summed E-state index contributed by atoms with van der Waals surface area (Å²) in [5.41, 5.74) is -0.985. The van der Waals surface area contributed by atoms with Gasteiger partial charge in [0.1, 0.15) is 10.5 Å². The van der Waals surface area contributed by atoms with Crippen LogP contribution in [-0.4, -0.2) is 34.3 Å². The first-order chi connectivity index (χ1) is 10.3. The van der Waals surface area contributed by atoms with Gasteiger partial charge < -0.3 is 10.2 Å². The lowest BCUT2D eigenvalue weighted by molar-refractivity contribution is -0.137. The van der Waals surface area contributed by atoms with Crippen LogP contribution in [0, 0.1) is 0 Å². The van der Waals surface area contributed by atoms with Crippen molar-refractivity contribution in [3.8, 4) is 0 Å². The number of aromatic nitrogens is 1. The highest BCUT2D eigenvalue weighted by Crippen LogP contribution is 2.23. The van der Waals surface area contributed by atoms with E-state index >= 15 is 0 Å². The minimum absolute atomic E-state index is 0.134. The fraction of sp³-hybridized carbons (Fsp3) is 0.400. The fourth-order valence-corrected chi connectivity index (χ4v) is 3.39. The second kappa shape index (κ2) is 6.58. The van der Waals surface area contributed by atoms with Crippen LogP contribution in [0.1, 0.15) is 41.5 Å². The number of thiazole rings is 1. The molecule has 2 heterocycles. The fourth-order valence-electron chi connectivity index (χ4n) is 2.03. The van der Waals surface area contributed by atoms with Gasteiger partial charge >= 0.3 is 0 Å². The third-order valence-corrected chi connectivity index (χ3v) is 5.23. The van der Waals surface area contributed by atoms with Crippen molar-refractivity contribution in [2.45, 2.75) is 32.4 Å². The molecule has 2 amide bonds. The maximum Gasteiger partial charge on any atom is 0.262 e. The number of nitrogens with one attached hydrogen (secondary N) is 1. The minimum atomic E-state index is -0.985. The highest BCUT2D eigenvalue weighted by molar-refractivity contribution is 7.12. The highest BCUT2D eigenvalue weighted by atomic mass is 32.1. The van der Waals surface area contributed by atoms with E-state index in [1.165, 1.54) is 22.7 Å². The molecule has 0 saturated carbocycles. The molecule has 2 rings (SSSR count). The minimum Gasteiger partial charge on any atom is -0.337 e. The predicted molar refractivity (Wildman–Crippen MR) is 89.2 cm³/mol. The molecule has 5 nitrogen and oxygen atoms in total. The molecule has 7 heteroatoms. The molecule has 0 aromatic carbocycles. The summed E-state index contributed by atoms with van der Waals surface area (Å²) in [7, 11) is 1.73. The number of hydrogen-bond donors (Lipinski definition) is 1. The molecule has 2 aromatic rings. The molecular weight excluding hydrogens is 318 g/mol. The molecule has 0 aliphatic carbocycles. The van der Waals surface area contributed by atoms with Gasteiger partial charge in [0.25, 0.3) is 5.91 Å². The molecule has 0 aliphatic heterocycles. The lowest BCUT2D eigenvalue weighted by Crippen LogP contribution is -2.55. The Labute approximate surface area is 138 Å². The SMILES string of the molecule is C[C@H](c1nccs1)N(C)C(=O)C(C)(C)NC(=O)c1cccs1. The summed E-state index contributed by atoms with van der Waals surface area (Å²) in [4.78, 5) is 31.3. The van der Waals surface area contributed by atoms with E-state index in [0.29, 0.717) is 4.88 Å². The molecule has 0 saturated heterocycles. The Kier molecular flexibility index (Phi) is 4.97. The lowest BCUT2D eigenvalue weighted by atomic mass is 10.0. The Balaban J connectivity index is 2.07. The Morgan fingerprint density at radius 2 is 2.05 bits per heavy atom. The molecule has 22 heavy (non-hydrogen) atoms. The summed E-state index contributed by atoms with van der Waals surface area (Å²) >= 11 is 2.86. The number of likely N-dealkylation sites (N-methyl/N-ethyl adjacent to an activating group) is 1. The van der Waals surface area contributed by atoms with Crippen molar-refractivity contribution < 1.29 is 9.59 Å². The Bertz CT molecular complexity index is 636. The maximum atomic E-state index is 12.7. The van der Waals surface area contributed by atoms with Gasteiger partial charge in [0, 0.05) is 18.6 Å². The molecule has 1 atom stereocenters. The molecule has 0 bridgehead atoms. The average molecular weight is 337 g/mol. The third kappa shape index (κ3) is 3.53. The van der Waals surface area contributed by atoms with Gasteiger partial charge in [-0.25, -0.2) is 4.98 Å². The maximum absolute atomic E-state index is 12.7. The Hall–Kier alpha value is -1.73. The van der Waals surface area contributed by atoms with E-state index < -0.39 is 5.54 Å². The van der Waals surface area contributed by atoms with E-state index in [0.717, 1.165) is 5.01 Å². The van der Waals surface area contributed by atoms with Gasteiger partial charge in [-0.1, -0.05) is 6.07 Å². The van der Waals surface area contributed by atoms with Crippen molar-refractivity contribution in [2.24, 2.45) is 0 Å². The monoisotopic (exact) mass is 337 g/mol. The van der Waals surface area contributed by atoms with Crippen LogP contribution in [0.2, 0.25) is 0 Å². The van der Waals surface area contributed by atoms with Crippen LogP contribution >= 0.6 is 22.7 Å². The standard InChI is InChI=1S/C15H19N3O2S2/c1-10(13-16-7-9-22-13)18(4)14(20)15(2,3)17-12(19)11-6-5-8-21-11/h5-10H,1-4H3,(H,17,19)/t10-/m1/s1. The second-order valence-electron chi connectivity index (χ2n) is 5.52. The van der Waals surface area contributed by atoms with Crippen molar-refractivity contribution in [1.82, 2.24) is 15.2 Å². The van der Waals surface area contributed by atoms with Crippen molar-refractivity contribution in [2.75, 3.05) is 7.05 Å². The molecule has 0 radical (unpaired) electrons. The van der Waals surface area contributed by atoms with E-state index in [1.807, 2.05) is 23.8 Å². The Morgan fingerprint density at radius 3 is 2.59 bits per heavy atom. The molecule has 0 spiro atoms. The van der Waals surface area contributed by atoms with Gasteiger partial charge in [-0.2, -0.15) is 0 Å². The first-order valence-electron chi connectivity index (χ1n) is 6.85. The number of thiophene rings is 1. The van der Waals surface area contributed by atoms with Gasteiger partial charge in [0.2, 0.25) is 5.91 Å². The van der Waals surface area contributed by atoms with Crippen molar-refractivity contribution in [3.05, 3.63) is 39.0 Å². The van der Waals surface area contributed by atoms with Crippen LogP contribution in [0.15, 0.2) is 29.1 Å². The molecule has 0 fully saturated rings. The first kappa shape index (κ1) is 16.6. The zero-order valence-electron chi connectivity index (χ0n) is 13.0. The number of carbonyl (C=O) groups is 2. The van der Waals surface area contributed by atoms with Gasteiger partial charge in [-0.3, -0.25) is 9.59 Å². The van der Waals surface area contributed by atoms with Crippen molar-refractivity contribution in [3.63, 3.8) is 0 Å². The van der Waals surface area contributed by atoms with Crippen molar-refractivity contribution >= 4 is 34.5 Å².